The van der Waals surface area contributed by atoms with E-state index < -0.39 is 0 Å². The maximum absolute atomic E-state index is 11.4. The van der Waals surface area contributed by atoms with E-state index in [9.17, 15) is 4.79 Å². The Bertz CT molecular complexity index is 349. The molecule has 1 rings (SSSR count). The van der Waals surface area contributed by atoms with E-state index in [-0.39, 0.29) is 11.4 Å². The van der Waals surface area contributed by atoms with Crippen molar-refractivity contribution in [3.05, 3.63) is 15.8 Å². The number of esters is 1. The van der Waals surface area contributed by atoms with Crippen LogP contribution in [0, 0.1) is 0 Å². The molecule has 76 valence electrons. The number of carbonyl (C=O) groups is 1. The van der Waals surface area contributed by atoms with E-state index in [2.05, 4.69) is 26.8 Å². The third-order valence-corrected chi connectivity index (χ3v) is 3.67. The number of methoxy groups -OCH3 is 1. The van der Waals surface area contributed by atoms with Crippen molar-refractivity contribution in [2.24, 2.45) is 0 Å². The lowest BCUT2D eigenvalue weighted by atomic mass is 9.90. The van der Waals surface area contributed by atoms with Gasteiger partial charge in [0.15, 0.2) is 0 Å². The van der Waals surface area contributed by atoms with Crippen LogP contribution in [0.25, 0.3) is 0 Å². The predicted octanol–water partition coefficient (Wildman–Crippen LogP) is 1.09. The van der Waals surface area contributed by atoms with Crippen LogP contribution in [0.3, 0.4) is 0 Å². The summed E-state index contributed by atoms with van der Waals surface area (Å²) >= 11 is 1.52. The van der Waals surface area contributed by atoms with Gasteiger partial charge in [0.1, 0.15) is 12.7 Å². The summed E-state index contributed by atoms with van der Waals surface area (Å²) < 4.78 is 4.71. The van der Waals surface area contributed by atoms with Gasteiger partial charge in [-0.1, -0.05) is 32.3 Å². The molecule has 2 nitrogen and oxygen atoms in total. The van der Waals surface area contributed by atoms with Crippen molar-refractivity contribution in [2.45, 2.75) is 26.2 Å². The van der Waals surface area contributed by atoms with Crippen molar-refractivity contribution >= 4 is 30.6 Å². The average Bonchev–Trinajstić information content (AvgIpc) is 2.45. The highest BCUT2D eigenvalue weighted by molar-refractivity contribution is 7.15. The van der Waals surface area contributed by atoms with E-state index in [0.29, 0.717) is 0 Å². The molecular weight excluding hydrogens is 195 g/mol. The first-order valence-corrected chi connectivity index (χ1v) is 5.37. The van der Waals surface area contributed by atoms with Crippen LogP contribution >= 0.6 is 11.3 Å². The standard InChI is InChI=1S/C10H15BO2S/c1-10(2,3)7-5-6(11)8(14-7)9(12)13-4/h5H,11H2,1-4H3. The van der Waals surface area contributed by atoms with Crippen molar-refractivity contribution in [1.82, 2.24) is 0 Å². The van der Waals surface area contributed by atoms with Crippen LogP contribution in [0.2, 0.25) is 0 Å². The Balaban J connectivity index is 3.12. The highest BCUT2D eigenvalue weighted by Gasteiger charge is 2.21. The van der Waals surface area contributed by atoms with E-state index >= 15 is 0 Å². The number of thiophene rings is 1. The summed E-state index contributed by atoms with van der Waals surface area (Å²) in [6.07, 6.45) is 0. The molecule has 0 amide bonds. The van der Waals surface area contributed by atoms with Crippen molar-refractivity contribution < 1.29 is 9.53 Å². The van der Waals surface area contributed by atoms with Gasteiger partial charge in [0.2, 0.25) is 0 Å². The quantitative estimate of drug-likeness (QED) is 0.512. The molecule has 0 fully saturated rings. The van der Waals surface area contributed by atoms with Gasteiger partial charge in [-0.2, -0.15) is 0 Å². The lowest BCUT2D eigenvalue weighted by Crippen LogP contribution is -2.12. The second kappa shape index (κ2) is 3.77. The van der Waals surface area contributed by atoms with Gasteiger partial charge in [0, 0.05) is 4.88 Å². The van der Waals surface area contributed by atoms with Crippen LogP contribution in [-0.2, 0) is 10.2 Å². The minimum Gasteiger partial charge on any atom is -0.465 e. The van der Waals surface area contributed by atoms with Crippen molar-refractivity contribution in [3.63, 3.8) is 0 Å². The summed E-state index contributed by atoms with van der Waals surface area (Å²) in [5.74, 6) is -0.233. The molecule has 0 spiro atoms. The highest BCUT2D eigenvalue weighted by atomic mass is 32.1. The Kier molecular flexibility index (Phi) is 3.05. The molecule has 0 N–H and O–H groups in total. The van der Waals surface area contributed by atoms with Crippen LogP contribution in [-0.4, -0.2) is 20.9 Å². The van der Waals surface area contributed by atoms with Gasteiger partial charge >= 0.3 is 5.97 Å². The maximum Gasteiger partial charge on any atom is 0.347 e. The zero-order valence-electron chi connectivity index (χ0n) is 9.30. The van der Waals surface area contributed by atoms with Crippen molar-refractivity contribution in [1.29, 1.82) is 0 Å². The van der Waals surface area contributed by atoms with Crippen LogP contribution in [0.15, 0.2) is 6.07 Å². The molecule has 0 aliphatic carbocycles. The minimum absolute atomic E-state index is 0.0989. The SMILES string of the molecule is Bc1cc(C(C)(C)C)sc1C(=O)OC. The van der Waals surface area contributed by atoms with E-state index in [4.69, 9.17) is 4.74 Å². The fourth-order valence-corrected chi connectivity index (χ4v) is 2.30. The molecule has 0 radical (unpaired) electrons. The van der Waals surface area contributed by atoms with Gasteiger partial charge in [-0.05, 0) is 5.41 Å². The van der Waals surface area contributed by atoms with Crippen molar-refractivity contribution in [2.75, 3.05) is 7.11 Å². The van der Waals surface area contributed by atoms with Gasteiger partial charge < -0.3 is 4.74 Å². The smallest absolute Gasteiger partial charge is 0.347 e. The summed E-state index contributed by atoms with van der Waals surface area (Å²) in [6, 6.07) is 2.07. The fourth-order valence-electron chi connectivity index (χ4n) is 1.15. The normalized spacial score (nSPS) is 11.4. The van der Waals surface area contributed by atoms with Gasteiger partial charge in [0.05, 0.1) is 7.11 Å². The number of hydrogen-bond acceptors (Lipinski definition) is 3. The monoisotopic (exact) mass is 210 g/mol. The summed E-state index contributed by atoms with van der Waals surface area (Å²) in [7, 11) is 3.36. The molecule has 0 aromatic carbocycles. The van der Waals surface area contributed by atoms with Crippen LogP contribution in [0.4, 0.5) is 0 Å². The molecule has 4 heteroatoms. The van der Waals surface area contributed by atoms with Gasteiger partial charge in [-0.3, -0.25) is 0 Å². The molecule has 1 heterocycles. The van der Waals surface area contributed by atoms with E-state index in [1.165, 1.54) is 23.3 Å². The second-order valence-corrected chi connectivity index (χ2v) is 5.42. The van der Waals surface area contributed by atoms with E-state index in [0.717, 1.165) is 10.3 Å². The molecule has 14 heavy (non-hydrogen) atoms. The Hall–Kier alpha value is -0.765. The Morgan fingerprint density at radius 3 is 2.43 bits per heavy atom. The summed E-state index contributed by atoms with van der Waals surface area (Å²) in [6.45, 7) is 6.41. The lowest BCUT2D eigenvalue weighted by Gasteiger charge is -2.15. The fraction of sp³-hybridized carbons (Fsp3) is 0.500. The first-order chi connectivity index (χ1) is 6.36. The third kappa shape index (κ3) is 2.18. The predicted molar refractivity (Wildman–Crippen MR) is 62.5 cm³/mol. The summed E-state index contributed by atoms with van der Waals surface area (Å²) in [5, 5.41) is 0. The molecule has 0 saturated heterocycles. The average molecular weight is 210 g/mol. The van der Waals surface area contributed by atoms with E-state index in [1.54, 1.807) is 0 Å². The van der Waals surface area contributed by atoms with Gasteiger partial charge in [-0.25, -0.2) is 4.79 Å². The topological polar surface area (TPSA) is 26.3 Å². The summed E-state index contributed by atoms with van der Waals surface area (Å²) in [5.41, 5.74) is 1.11. The third-order valence-electron chi connectivity index (χ3n) is 2.03. The lowest BCUT2D eigenvalue weighted by molar-refractivity contribution is 0.0607. The molecule has 0 bridgehead atoms. The van der Waals surface area contributed by atoms with Gasteiger partial charge in [-0.15, -0.1) is 11.3 Å². The molecule has 0 saturated carbocycles. The Morgan fingerprint density at radius 1 is 1.50 bits per heavy atom. The Labute approximate surface area is 89.7 Å². The van der Waals surface area contributed by atoms with Crippen LogP contribution in [0.1, 0.15) is 35.3 Å². The molecule has 1 aromatic rings. The van der Waals surface area contributed by atoms with Gasteiger partial charge in [0.25, 0.3) is 0 Å². The highest BCUT2D eigenvalue weighted by Crippen LogP contribution is 2.28. The molecule has 1 aromatic heterocycles. The first kappa shape index (κ1) is 11.3. The first-order valence-electron chi connectivity index (χ1n) is 4.55. The second-order valence-electron chi connectivity index (χ2n) is 4.36. The number of ether oxygens (including phenoxy) is 1. The molecule has 0 aliphatic rings. The van der Waals surface area contributed by atoms with Crippen LogP contribution < -0.4 is 5.46 Å². The van der Waals surface area contributed by atoms with Crippen molar-refractivity contribution in [3.8, 4) is 0 Å². The largest absolute Gasteiger partial charge is 0.465 e. The number of carbonyl (C=O) groups excluding carboxylic acids is 1. The molecular formula is C10H15BO2S. The zero-order chi connectivity index (χ0) is 10.9. The maximum atomic E-state index is 11.4. The minimum atomic E-state index is -0.233. The molecule has 0 atom stereocenters. The molecule has 0 aliphatic heterocycles. The number of hydrogen-bond donors (Lipinski definition) is 0. The van der Waals surface area contributed by atoms with E-state index in [1.807, 2.05) is 7.85 Å². The number of rotatable bonds is 1. The molecule has 0 unspecified atom stereocenters. The Morgan fingerprint density at radius 2 is 2.07 bits per heavy atom. The summed E-state index contributed by atoms with van der Waals surface area (Å²) in [4.78, 5) is 13.3. The van der Waals surface area contributed by atoms with Crippen LogP contribution in [0.5, 0.6) is 0 Å². The zero-order valence-corrected chi connectivity index (χ0v) is 10.1.